The normalized spacial score (nSPS) is 10.1. The second-order valence-electron chi connectivity index (χ2n) is 4.42. The fourth-order valence-corrected chi connectivity index (χ4v) is 2.38. The van der Waals surface area contributed by atoms with E-state index in [2.05, 4.69) is 15.6 Å². The van der Waals surface area contributed by atoms with Gasteiger partial charge in [0.15, 0.2) is 10.9 Å². The van der Waals surface area contributed by atoms with Crippen LogP contribution in [0.1, 0.15) is 34.7 Å². The number of halogens is 1. The summed E-state index contributed by atoms with van der Waals surface area (Å²) in [5, 5.41) is 6.58. The van der Waals surface area contributed by atoms with Crippen molar-refractivity contribution in [3.63, 3.8) is 0 Å². The topological polar surface area (TPSA) is 88.2 Å². The molecule has 0 spiro atoms. The maximum atomic E-state index is 13.7. The summed E-state index contributed by atoms with van der Waals surface area (Å²) >= 11 is 1.07. The molecule has 0 atom stereocenters. The number of Topliss-reactive ketones (excluding diaryl/α,β-unsaturated/α-hetero) is 1. The standard InChI is InChI=1S/C14H12FN3O3S/c1-7(19)12-6-22-14(17-12)18-13(21)10-5-9(16-8(2)20)3-4-11(10)15/h3-6H,1-2H3,(H,16,20)(H,17,18,21). The lowest BCUT2D eigenvalue weighted by atomic mass is 10.1. The zero-order valence-corrected chi connectivity index (χ0v) is 12.6. The molecule has 2 aromatic rings. The molecule has 1 heterocycles. The Labute approximate surface area is 129 Å². The van der Waals surface area contributed by atoms with Crippen LogP contribution in [-0.2, 0) is 4.79 Å². The summed E-state index contributed by atoms with van der Waals surface area (Å²) < 4.78 is 13.7. The Morgan fingerprint density at radius 2 is 1.91 bits per heavy atom. The Morgan fingerprint density at radius 1 is 1.18 bits per heavy atom. The molecular formula is C14H12FN3O3S. The van der Waals surface area contributed by atoms with Crippen molar-refractivity contribution in [2.45, 2.75) is 13.8 Å². The molecule has 0 saturated carbocycles. The van der Waals surface area contributed by atoms with E-state index in [9.17, 15) is 18.8 Å². The summed E-state index contributed by atoms with van der Waals surface area (Å²) in [5.41, 5.74) is 0.307. The van der Waals surface area contributed by atoms with E-state index in [1.807, 2.05) is 0 Å². The van der Waals surface area contributed by atoms with Gasteiger partial charge in [-0.25, -0.2) is 9.37 Å². The monoisotopic (exact) mass is 321 g/mol. The second-order valence-corrected chi connectivity index (χ2v) is 5.28. The predicted octanol–water partition coefficient (Wildman–Crippen LogP) is 2.70. The third-order valence-corrected chi connectivity index (χ3v) is 3.37. The van der Waals surface area contributed by atoms with Gasteiger partial charge in [-0.15, -0.1) is 11.3 Å². The molecule has 2 amide bonds. The SMILES string of the molecule is CC(=O)Nc1ccc(F)c(C(=O)Nc2nc(C(C)=O)cs2)c1. The molecule has 6 nitrogen and oxygen atoms in total. The Morgan fingerprint density at radius 3 is 2.50 bits per heavy atom. The van der Waals surface area contributed by atoms with Crippen molar-refractivity contribution >= 4 is 39.8 Å². The minimum Gasteiger partial charge on any atom is -0.326 e. The van der Waals surface area contributed by atoms with Crippen molar-refractivity contribution in [1.82, 2.24) is 4.98 Å². The van der Waals surface area contributed by atoms with Gasteiger partial charge < -0.3 is 5.32 Å². The first-order valence-electron chi connectivity index (χ1n) is 6.22. The van der Waals surface area contributed by atoms with Crippen molar-refractivity contribution in [2.75, 3.05) is 10.6 Å². The van der Waals surface area contributed by atoms with Crippen LogP contribution in [0.25, 0.3) is 0 Å². The number of ketones is 1. The van der Waals surface area contributed by atoms with E-state index in [0.717, 1.165) is 17.4 Å². The molecule has 8 heteroatoms. The third-order valence-electron chi connectivity index (χ3n) is 2.62. The number of thiazole rings is 1. The first kappa shape index (κ1) is 15.8. The maximum Gasteiger partial charge on any atom is 0.260 e. The summed E-state index contributed by atoms with van der Waals surface area (Å²) in [6, 6.07) is 3.67. The van der Waals surface area contributed by atoms with E-state index in [0.29, 0.717) is 5.69 Å². The number of hydrogen-bond acceptors (Lipinski definition) is 5. The van der Waals surface area contributed by atoms with E-state index in [-0.39, 0.29) is 28.1 Å². The molecule has 1 aromatic carbocycles. The fourth-order valence-electron chi connectivity index (χ4n) is 1.64. The number of nitrogens with one attached hydrogen (secondary N) is 2. The number of amides is 2. The Kier molecular flexibility index (Phi) is 4.62. The molecule has 0 radical (unpaired) electrons. The van der Waals surface area contributed by atoms with Crippen LogP contribution in [0.2, 0.25) is 0 Å². The highest BCUT2D eigenvalue weighted by Crippen LogP contribution is 2.19. The van der Waals surface area contributed by atoms with Crippen molar-refractivity contribution in [1.29, 1.82) is 0 Å². The van der Waals surface area contributed by atoms with Crippen LogP contribution in [-0.4, -0.2) is 22.6 Å². The first-order valence-corrected chi connectivity index (χ1v) is 7.09. The van der Waals surface area contributed by atoms with Crippen molar-refractivity contribution in [3.8, 4) is 0 Å². The number of rotatable bonds is 4. The van der Waals surface area contributed by atoms with E-state index in [4.69, 9.17) is 0 Å². The number of anilines is 2. The summed E-state index contributed by atoms with van der Waals surface area (Å²) in [6.07, 6.45) is 0. The maximum absolute atomic E-state index is 13.7. The highest BCUT2D eigenvalue weighted by Gasteiger charge is 2.15. The van der Waals surface area contributed by atoms with Crippen LogP contribution in [0.15, 0.2) is 23.6 Å². The lowest BCUT2D eigenvalue weighted by Gasteiger charge is -2.07. The molecule has 114 valence electrons. The predicted molar refractivity (Wildman–Crippen MR) is 80.8 cm³/mol. The lowest BCUT2D eigenvalue weighted by Crippen LogP contribution is -2.15. The van der Waals surface area contributed by atoms with Crippen LogP contribution in [0.4, 0.5) is 15.2 Å². The van der Waals surface area contributed by atoms with Crippen LogP contribution < -0.4 is 10.6 Å². The molecule has 22 heavy (non-hydrogen) atoms. The zero-order valence-electron chi connectivity index (χ0n) is 11.8. The minimum absolute atomic E-state index is 0.194. The first-order chi connectivity index (χ1) is 10.4. The molecule has 0 aliphatic carbocycles. The van der Waals surface area contributed by atoms with E-state index in [1.165, 1.54) is 31.4 Å². The fraction of sp³-hybridized carbons (Fsp3) is 0.143. The van der Waals surface area contributed by atoms with Gasteiger partial charge in [0, 0.05) is 24.9 Å². The molecule has 0 aliphatic rings. The smallest absolute Gasteiger partial charge is 0.260 e. The van der Waals surface area contributed by atoms with Gasteiger partial charge in [0.25, 0.3) is 5.91 Å². The summed E-state index contributed by atoms with van der Waals surface area (Å²) in [6.45, 7) is 2.67. The van der Waals surface area contributed by atoms with Crippen molar-refractivity contribution < 1.29 is 18.8 Å². The van der Waals surface area contributed by atoms with Crippen molar-refractivity contribution in [2.24, 2.45) is 0 Å². The summed E-state index contributed by atoms with van der Waals surface area (Å²) in [4.78, 5) is 38.1. The van der Waals surface area contributed by atoms with Gasteiger partial charge in [0.05, 0.1) is 5.56 Å². The molecule has 0 saturated heterocycles. The quantitative estimate of drug-likeness (QED) is 0.848. The molecule has 0 bridgehead atoms. The van der Waals surface area contributed by atoms with Gasteiger partial charge in [-0.2, -0.15) is 0 Å². The highest BCUT2D eigenvalue weighted by molar-refractivity contribution is 7.14. The molecule has 1 aromatic heterocycles. The van der Waals surface area contributed by atoms with Gasteiger partial charge >= 0.3 is 0 Å². The molecular weight excluding hydrogens is 309 g/mol. The second kappa shape index (κ2) is 6.44. The summed E-state index contributed by atoms with van der Waals surface area (Å²) in [5.74, 6) is -2.00. The number of benzene rings is 1. The van der Waals surface area contributed by atoms with E-state index < -0.39 is 11.7 Å². The van der Waals surface area contributed by atoms with Crippen LogP contribution in [0.3, 0.4) is 0 Å². The third kappa shape index (κ3) is 3.73. The lowest BCUT2D eigenvalue weighted by molar-refractivity contribution is -0.114. The van der Waals surface area contributed by atoms with Gasteiger partial charge in [-0.1, -0.05) is 0 Å². The van der Waals surface area contributed by atoms with E-state index in [1.54, 1.807) is 0 Å². The van der Waals surface area contributed by atoms with Gasteiger partial charge in [-0.3, -0.25) is 19.7 Å². The Balaban J connectivity index is 2.20. The minimum atomic E-state index is -0.727. The number of carbonyl (C=O) groups excluding carboxylic acids is 3. The number of carbonyl (C=O) groups is 3. The van der Waals surface area contributed by atoms with Gasteiger partial charge in [0.1, 0.15) is 11.5 Å². The molecule has 2 N–H and O–H groups in total. The van der Waals surface area contributed by atoms with Crippen LogP contribution in [0.5, 0.6) is 0 Å². The molecule has 0 fully saturated rings. The molecule has 0 unspecified atom stereocenters. The average molecular weight is 321 g/mol. The Hall–Kier alpha value is -2.61. The van der Waals surface area contributed by atoms with Gasteiger partial charge in [0.2, 0.25) is 5.91 Å². The molecule has 2 rings (SSSR count). The molecule has 0 aliphatic heterocycles. The van der Waals surface area contributed by atoms with Crippen LogP contribution >= 0.6 is 11.3 Å². The largest absolute Gasteiger partial charge is 0.326 e. The number of aromatic nitrogens is 1. The van der Waals surface area contributed by atoms with Crippen molar-refractivity contribution in [3.05, 3.63) is 40.7 Å². The van der Waals surface area contributed by atoms with Crippen LogP contribution in [0, 0.1) is 5.82 Å². The Bertz CT molecular complexity index is 758. The average Bonchev–Trinajstić information content (AvgIpc) is 2.89. The van der Waals surface area contributed by atoms with E-state index >= 15 is 0 Å². The zero-order chi connectivity index (χ0) is 16.3. The number of nitrogens with zero attached hydrogens (tertiary/aromatic N) is 1. The number of hydrogen-bond donors (Lipinski definition) is 2. The van der Waals surface area contributed by atoms with Gasteiger partial charge in [-0.05, 0) is 18.2 Å². The highest BCUT2D eigenvalue weighted by atomic mass is 32.1. The summed E-state index contributed by atoms with van der Waals surface area (Å²) in [7, 11) is 0.